The zero-order valence-electron chi connectivity index (χ0n) is 11.6. The second-order valence-electron chi connectivity index (χ2n) is 4.78. The van der Waals surface area contributed by atoms with Gasteiger partial charge in [-0.3, -0.25) is 4.79 Å². The molecule has 0 aromatic heterocycles. The molecule has 19 heavy (non-hydrogen) atoms. The lowest BCUT2D eigenvalue weighted by Gasteiger charge is -2.32. The van der Waals surface area contributed by atoms with Gasteiger partial charge in [-0.25, -0.2) is 0 Å². The average Bonchev–Trinajstić information content (AvgIpc) is 2.38. The van der Waals surface area contributed by atoms with Gasteiger partial charge in [0, 0.05) is 25.3 Å². The van der Waals surface area contributed by atoms with Gasteiger partial charge in [-0.2, -0.15) is 5.26 Å². The fraction of sp³-hybridized carbons (Fsp3) is 0.500. The molecule has 2 N–H and O–H groups in total. The van der Waals surface area contributed by atoms with Crippen LogP contribution in [0.2, 0.25) is 0 Å². The molecule has 0 heterocycles. The molecule has 0 aromatic rings. The van der Waals surface area contributed by atoms with Gasteiger partial charge in [-0.1, -0.05) is 31.6 Å². The van der Waals surface area contributed by atoms with Crippen LogP contribution in [0.4, 0.5) is 0 Å². The largest absolute Gasteiger partial charge is 0.317 e. The molecule has 0 spiro atoms. The van der Waals surface area contributed by atoms with E-state index in [0.29, 0.717) is 17.7 Å². The predicted octanol–water partition coefficient (Wildman–Crippen LogP) is 2.07. The second kappa shape index (κ2) is 6.09. The molecule has 0 fully saturated rings. The SMILES string of the molecule is CCCC(=S)C1(N)C=CC(N(C)C(C)=O)=C(C#N)C1. The summed E-state index contributed by atoms with van der Waals surface area (Å²) >= 11 is 5.35. The van der Waals surface area contributed by atoms with Crippen molar-refractivity contribution < 1.29 is 4.79 Å². The van der Waals surface area contributed by atoms with Crippen LogP contribution in [-0.2, 0) is 4.79 Å². The van der Waals surface area contributed by atoms with E-state index in [1.54, 1.807) is 19.2 Å². The van der Waals surface area contributed by atoms with Crippen LogP contribution < -0.4 is 5.73 Å². The number of carbonyl (C=O) groups is 1. The van der Waals surface area contributed by atoms with E-state index in [9.17, 15) is 10.1 Å². The van der Waals surface area contributed by atoms with Crippen molar-refractivity contribution >= 4 is 23.0 Å². The number of hydrogen-bond acceptors (Lipinski definition) is 4. The summed E-state index contributed by atoms with van der Waals surface area (Å²) in [5.74, 6) is -0.118. The van der Waals surface area contributed by atoms with Crippen LogP contribution in [0, 0.1) is 11.3 Å². The molecule has 1 aliphatic carbocycles. The highest BCUT2D eigenvalue weighted by atomic mass is 32.1. The molecule has 0 aliphatic heterocycles. The Kier molecular flexibility index (Phi) is 4.98. The van der Waals surface area contributed by atoms with E-state index in [4.69, 9.17) is 18.0 Å². The highest BCUT2D eigenvalue weighted by Gasteiger charge is 2.32. The Bertz CT molecular complexity index is 501. The number of nitriles is 1. The van der Waals surface area contributed by atoms with Gasteiger partial charge in [-0.05, 0) is 12.5 Å². The quantitative estimate of drug-likeness (QED) is 0.799. The molecule has 0 saturated heterocycles. The molecule has 1 amide bonds. The van der Waals surface area contributed by atoms with Gasteiger partial charge in [-0.15, -0.1) is 0 Å². The van der Waals surface area contributed by atoms with Crippen molar-refractivity contribution in [2.45, 2.75) is 38.6 Å². The molecule has 0 saturated carbocycles. The Morgan fingerprint density at radius 2 is 2.32 bits per heavy atom. The molecule has 4 nitrogen and oxygen atoms in total. The first-order chi connectivity index (χ1) is 8.85. The van der Waals surface area contributed by atoms with Crippen molar-refractivity contribution in [3.8, 4) is 6.07 Å². The third-order valence-corrected chi connectivity index (χ3v) is 3.87. The lowest BCUT2D eigenvalue weighted by atomic mass is 9.82. The average molecular weight is 277 g/mol. The molecule has 1 rings (SSSR count). The highest BCUT2D eigenvalue weighted by Crippen LogP contribution is 2.29. The number of nitrogens with two attached hydrogens (primary N) is 1. The van der Waals surface area contributed by atoms with E-state index in [1.165, 1.54) is 11.8 Å². The lowest BCUT2D eigenvalue weighted by molar-refractivity contribution is -0.125. The summed E-state index contributed by atoms with van der Waals surface area (Å²) in [6.07, 6.45) is 5.57. The van der Waals surface area contributed by atoms with Gasteiger partial charge in [0.25, 0.3) is 0 Å². The van der Waals surface area contributed by atoms with Crippen LogP contribution in [0.15, 0.2) is 23.4 Å². The normalized spacial score (nSPS) is 22.1. The van der Waals surface area contributed by atoms with E-state index in [0.717, 1.165) is 17.7 Å². The van der Waals surface area contributed by atoms with Crippen LogP contribution in [0.5, 0.6) is 0 Å². The summed E-state index contributed by atoms with van der Waals surface area (Å²) in [4.78, 5) is 13.6. The number of amides is 1. The van der Waals surface area contributed by atoms with Crippen molar-refractivity contribution in [1.29, 1.82) is 5.26 Å². The maximum absolute atomic E-state index is 11.4. The van der Waals surface area contributed by atoms with Crippen molar-refractivity contribution in [2.24, 2.45) is 5.73 Å². The van der Waals surface area contributed by atoms with Crippen LogP contribution in [-0.4, -0.2) is 28.3 Å². The van der Waals surface area contributed by atoms with Gasteiger partial charge in [0.1, 0.15) is 0 Å². The number of rotatable bonds is 4. The molecule has 1 aliphatic rings. The zero-order chi connectivity index (χ0) is 14.6. The fourth-order valence-corrected chi connectivity index (χ4v) is 2.35. The summed E-state index contributed by atoms with van der Waals surface area (Å²) in [5.41, 5.74) is 6.63. The number of thiocarbonyl (C=S) groups is 1. The fourth-order valence-electron chi connectivity index (χ4n) is 2.00. The van der Waals surface area contributed by atoms with E-state index in [1.807, 2.05) is 6.92 Å². The van der Waals surface area contributed by atoms with Gasteiger partial charge in [0.05, 0.1) is 22.9 Å². The summed E-state index contributed by atoms with van der Waals surface area (Å²) in [6, 6.07) is 2.14. The molecular formula is C14H19N3OS. The van der Waals surface area contributed by atoms with Gasteiger partial charge >= 0.3 is 0 Å². The molecular weight excluding hydrogens is 258 g/mol. The van der Waals surface area contributed by atoms with Crippen molar-refractivity contribution in [1.82, 2.24) is 4.90 Å². The minimum atomic E-state index is -0.752. The topological polar surface area (TPSA) is 70.1 Å². The molecule has 0 aromatic carbocycles. The van der Waals surface area contributed by atoms with Gasteiger partial charge in [0.15, 0.2) is 0 Å². The highest BCUT2D eigenvalue weighted by molar-refractivity contribution is 7.80. The Morgan fingerprint density at radius 1 is 1.68 bits per heavy atom. The van der Waals surface area contributed by atoms with Crippen LogP contribution >= 0.6 is 12.2 Å². The minimum absolute atomic E-state index is 0.118. The van der Waals surface area contributed by atoms with Crippen LogP contribution in [0.1, 0.15) is 33.1 Å². The molecule has 0 radical (unpaired) electrons. The summed E-state index contributed by atoms with van der Waals surface area (Å²) in [7, 11) is 1.65. The summed E-state index contributed by atoms with van der Waals surface area (Å²) in [5, 5.41) is 9.26. The summed E-state index contributed by atoms with van der Waals surface area (Å²) < 4.78 is 0. The smallest absolute Gasteiger partial charge is 0.223 e. The maximum Gasteiger partial charge on any atom is 0.223 e. The van der Waals surface area contributed by atoms with E-state index in [2.05, 4.69) is 6.07 Å². The number of nitrogens with zero attached hydrogens (tertiary/aromatic N) is 2. The van der Waals surface area contributed by atoms with E-state index in [-0.39, 0.29) is 5.91 Å². The Hall–Kier alpha value is -1.51. The van der Waals surface area contributed by atoms with Crippen LogP contribution in [0.3, 0.4) is 0 Å². The Morgan fingerprint density at radius 3 is 2.79 bits per heavy atom. The first-order valence-corrected chi connectivity index (χ1v) is 6.65. The first kappa shape index (κ1) is 15.5. The summed E-state index contributed by atoms with van der Waals surface area (Å²) in [6.45, 7) is 3.50. The number of hydrogen-bond donors (Lipinski definition) is 1. The van der Waals surface area contributed by atoms with E-state index >= 15 is 0 Å². The Balaban J connectivity index is 3.07. The molecule has 1 atom stereocenters. The number of likely N-dealkylation sites (N-methyl/N-ethyl adjacent to an activating group) is 1. The number of allylic oxidation sites excluding steroid dienone is 1. The third-order valence-electron chi connectivity index (χ3n) is 3.28. The van der Waals surface area contributed by atoms with Crippen molar-refractivity contribution in [3.63, 3.8) is 0 Å². The zero-order valence-corrected chi connectivity index (χ0v) is 12.4. The molecule has 102 valence electrons. The van der Waals surface area contributed by atoms with Gasteiger partial charge < -0.3 is 10.6 Å². The number of carbonyl (C=O) groups excluding carboxylic acids is 1. The minimum Gasteiger partial charge on any atom is -0.317 e. The maximum atomic E-state index is 11.4. The second-order valence-corrected chi connectivity index (χ2v) is 5.27. The lowest BCUT2D eigenvalue weighted by Crippen LogP contribution is -2.47. The van der Waals surface area contributed by atoms with Crippen molar-refractivity contribution in [3.05, 3.63) is 23.4 Å². The Labute approximate surface area is 119 Å². The van der Waals surface area contributed by atoms with Gasteiger partial charge in [0.2, 0.25) is 5.91 Å². The molecule has 5 heteroatoms. The first-order valence-electron chi connectivity index (χ1n) is 6.24. The monoisotopic (exact) mass is 277 g/mol. The third kappa shape index (κ3) is 3.28. The molecule has 1 unspecified atom stereocenters. The standard InChI is InChI=1S/C14H19N3OS/c1-4-5-13(19)14(16)7-6-12(11(8-14)9-15)17(3)10(2)18/h6-7H,4-5,8,16H2,1-3H3. The van der Waals surface area contributed by atoms with Crippen molar-refractivity contribution in [2.75, 3.05) is 7.05 Å². The predicted molar refractivity (Wildman–Crippen MR) is 79.3 cm³/mol. The molecule has 0 bridgehead atoms. The van der Waals surface area contributed by atoms with E-state index < -0.39 is 5.54 Å². The van der Waals surface area contributed by atoms with Crippen LogP contribution in [0.25, 0.3) is 0 Å².